The first kappa shape index (κ1) is 27.0. The van der Waals surface area contributed by atoms with Crippen LogP contribution in [0.1, 0.15) is 75.8 Å². The van der Waals surface area contributed by atoms with Crippen LogP contribution in [0.2, 0.25) is 0 Å². The molecular weight excluding hydrogens is 410 g/mol. The lowest BCUT2D eigenvalue weighted by Crippen LogP contribution is -2.40. The van der Waals surface area contributed by atoms with Crippen LogP contribution in [0.15, 0.2) is 52.7 Å². The van der Waals surface area contributed by atoms with Gasteiger partial charge in [-0.05, 0) is 43.7 Å². The number of azo groups is 1. The molecule has 1 N–H and O–H groups in total. The van der Waals surface area contributed by atoms with Gasteiger partial charge in [-0.1, -0.05) is 76.0 Å². The number of phenolic OH excluding ortho intramolecular Hbond substituents is 1. The van der Waals surface area contributed by atoms with Gasteiger partial charge in [0.25, 0.3) is 0 Å². The van der Waals surface area contributed by atoms with Gasteiger partial charge in [-0.3, -0.25) is 0 Å². The Bertz CT molecular complexity index is 832. The van der Waals surface area contributed by atoms with Crippen LogP contribution in [0.5, 0.6) is 5.75 Å². The zero-order chi connectivity index (χ0) is 23.9. The fourth-order valence-corrected chi connectivity index (χ4v) is 3.82. The minimum Gasteiger partial charge on any atom is -0.507 e. The third-order valence-electron chi connectivity index (χ3n) is 5.81. The zero-order valence-corrected chi connectivity index (χ0v) is 21.2. The summed E-state index contributed by atoms with van der Waals surface area (Å²) in [6.45, 7) is 6.39. The second kappa shape index (κ2) is 14.8. The van der Waals surface area contributed by atoms with Crippen molar-refractivity contribution in [3.05, 3.63) is 53.6 Å². The summed E-state index contributed by atoms with van der Waals surface area (Å²) < 4.78 is 6.61. The number of quaternary nitrogens is 1. The number of ether oxygens (including phenoxy) is 1. The molecule has 0 aromatic heterocycles. The molecule has 0 bridgehead atoms. The van der Waals surface area contributed by atoms with E-state index in [1.807, 2.05) is 37.3 Å². The van der Waals surface area contributed by atoms with Gasteiger partial charge in [0.15, 0.2) is 6.73 Å². The molecule has 0 saturated heterocycles. The van der Waals surface area contributed by atoms with E-state index in [0.717, 1.165) is 30.0 Å². The molecule has 0 atom stereocenters. The second-order valence-electron chi connectivity index (χ2n) is 9.81. The maximum absolute atomic E-state index is 10.4. The fourth-order valence-electron chi connectivity index (χ4n) is 3.82. The molecule has 5 heteroatoms. The molecule has 0 aliphatic rings. The number of benzene rings is 2. The Labute approximate surface area is 201 Å². The van der Waals surface area contributed by atoms with E-state index in [4.69, 9.17) is 4.74 Å². The predicted octanol–water partition coefficient (Wildman–Crippen LogP) is 8.20. The van der Waals surface area contributed by atoms with Crippen LogP contribution in [0, 0.1) is 6.92 Å². The number of hydrogen-bond donors (Lipinski definition) is 1. The highest BCUT2D eigenvalue weighted by atomic mass is 16.5. The number of rotatable bonds is 16. The number of hydrogen-bond acceptors (Lipinski definition) is 4. The van der Waals surface area contributed by atoms with Crippen LogP contribution in [0.25, 0.3) is 0 Å². The van der Waals surface area contributed by atoms with E-state index in [-0.39, 0.29) is 5.75 Å². The molecule has 0 saturated carbocycles. The molecule has 0 amide bonds. The Kier molecular flexibility index (Phi) is 12.1. The van der Waals surface area contributed by atoms with Crippen molar-refractivity contribution in [1.29, 1.82) is 0 Å². The second-order valence-corrected chi connectivity index (χ2v) is 9.81. The molecule has 2 rings (SSSR count). The summed E-state index contributed by atoms with van der Waals surface area (Å²) in [4.78, 5) is 0. The van der Waals surface area contributed by atoms with Gasteiger partial charge in [0, 0.05) is 0 Å². The summed E-state index contributed by atoms with van der Waals surface area (Å²) in [6.07, 6.45) is 11.9. The Balaban J connectivity index is 1.72. The minimum absolute atomic E-state index is 0.287. The van der Waals surface area contributed by atoms with Crippen LogP contribution >= 0.6 is 0 Å². The summed E-state index contributed by atoms with van der Waals surface area (Å²) in [7, 11) is 4.24. The Hall–Kier alpha value is -2.24. The van der Waals surface area contributed by atoms with Gasteiger partial charge in [0.2, 0.25) is 0 Å². The summed E-state index contributed by atoms with van der Waals surface area (Å²) in [5.74, 6) is 0.287. The monoisotopic (exact) mass is 454 g/mol. The number of aromatic hydroxyl groups is 1. The Morgan fingerprint density at radius 2 is 1.36 bits per heavy atom. The smallest absolute Gasteiger partial charge is 0.182 e. The van der Waals surface area contributed by atoms with Crippen molar-refractivity contribution in [1.82, 2.24) is 0 Å². The van der Waals surface area contributed by atoms with Gasteiger partial charge in [-0.25, -0.2) is 0 Å². The van der Waals surface area contributed by atoms with Crippen LogP contribution in [0.3, 0.4) is 0 Å². The predicted molar refractivity (Wildman–Crippen MR) is 137 cm³/mol. The average Bonchev–Trinajstić information content (AvgIpc) is 2.79. The average molecular weight is 455 g/mol. The maximum atomic E-state index is 10.4. The SMILES string of the molecule is CCCCCCCCCCCOC[N+](C)(C)Cc1cc(N=Nc2ccc(C)cc2)ccc1O. The minimum atomic E-state index is 0.287. The largest absolute Gasteiger partial charge is 0.507 e. The highest BCUT2D eigenvalue weighted by Gasteiger charge is 2.18. The van der Waals surface area contributed by atoms with Crippen LogP contribution in [-0.4, -0.2) is 37.0 Å². The van der Waals surface area contributed by atoms with Gasteiger partial charge in [0.1, 0.15) is 12.3 Å². The number of phenols is 1. The molecule has 0 spiro atoms. The Morgan fingerprint density at radius 3 is 2.03 bits per heavy atom. The van der Waals surface area contributed by atoms with Crippen molar-refractivity contribution in [2.24, 2.45) is 10.2 Å². The van der Waals surface area contributed by atoms with E-state index in [2.05, 4.69) is 31.2 Å². The van der Waals surface area contributed by atoms with E-state index < -0.39 is 0 Å². The quantitative estimate of drug-likeness (QED) is 0.120. The lowest BCUT2D eigenvalue weighted by atomic mass is 10.1. The van der Waals surface area contributed by atoms with E-state index in [0.29, 0.717) is 17.8 Å². The standard InChI is InChI=1S/C28H43N3O2/c1-5-6-7-8-9-10-11-12-13-20-33-23-31(3,4)22-25-21-27(18-19-28(25)32)30-29-26-16-14-24(2)15-17-26/h14-19,21H,5-13,20,22-23H2,1-4H3/p+1. The summed E-state index contributed by atoms with van der Waals surface area (Å²) >= 11 is 0. The van der Waals surface area contributed by atoms with Crippen molar-refractivity contribution in [3.8, 4) is 5.75 Å². The first-order valence-electron chi connectivity index (χ1n) is 12.6. The molecule has 0 aliphatic carbocycles. The highest BCUT2D eigenvalue weighted by molar-refractivity contribution is 5.47. The first-order valence-corrected chi connectivity index (χ1v) is 12.6. The molecule has 2 aromatic carbocycles. The molecule has 0 unspecified atom stereocenters. The lowest BCUT2D eigenvalue weighted by molar-refractivity contribution is -0.922. The molecule has 0 fully saturated rings. The van der Waals surface area contributed by atoms with E-state index in [1.54, 1.807) is 12.1 Å². The number of unbranched alkanes of at least 4 members (excludes halogenated alkanes) is 8. The van der Waals surface area contributed by atoms with Gasteiger partial charge >= 0.3 is 0 Å². The van der Waals surface area contributed by atoms with Crippen molar-refractivity contribution in [2.75, 3.05) is 27.4 Å². The molecule has 2 aromatic rings. The third kappa shape index (κ3) is 11.4. The third-order valence-corrected chi connectivity index (χ3v) is 5.81. The summed E-state index contributed by atoms with van der Waals surface area (Å²) in [6, 6.07) is 13.3. The number of aryl methyl sites for hydroxylation is 1. The molecule has 0 radical (unpaired) electrons. The van der Waals surface area contributed by atoms with Crippen molar-refractivity contribution < 1.29 is 14.3 Å². The van der Waals surface area contributed by atoms with Crippen molar-refractivity contribution in [3.63, 3.8) is 0 Å². The highest BCUT2D eigenvalue weighted by Crippen LogP contribution is 2.27. The Morgan fingerprint density at radius 1 is 0.788 bits per heavy atom. The molecular formula is C28H44N3O2+. The van der Waals surface area contributed by atoms with Crippen LogP contribution in [-0.2, 0) is 11.3 Å². The van der Waals surface area contributed by atoms with Gasteiger partial charge in [-0.15, -0.1) is 0 Å². The normalized spacial score (nSPS) is 12.0. The fraction of sp³-hybridized carbons (Fsp3) is 0.571. The van der Waals surface area contributed by atoms with Crippen LogP contribution in [0.4, 0.5) is 11.4 Å². The van der Waals surface area contributed by atoms with Gasteiger partial charge < -0.3 is 14.3 Å². The molecule has 0 heterocycles. The van der Waals surface area contributed by atoms with Gasteiger partial charge in [0.05, 0.1) is 37.6 Å². The lowest BCUT2D eigenvalue weighted by Gasteiger charge is -2.29. The first-order chi connectivity index (χ1) is 15.9. The molecule has 0 aliphatic heterocycles. The van der Waals surface area contributed by atoms with E-state index in [9.17, 15) is 5.11 Å². The topological polar surface area (TPSA) is 54.2 Å². The summed E-state index contributed by atoms with van der Waals surface area (Å²) in [5, 5.41) is 19.0. The van der Waals surface area contributed by atoms with E-state index in [1.165, 1.54) is 56.9 Å². The van der Waals surface area contributed by atoms with E-state index >= 15 is 0 Å². The molecule has 33 heavy (non-hydrogen) atoms. The van der Waals surface area contributed by atoms with Gasteiger partial charge in [-0.2, -0.15) is 10.2 Å². The molecule has 182 valence electrons. The zero-order valence-electron chi connectivity index (χ0n) is 21.2. The number of nitrogens with zero attached hydrogens (tertiary/aromatic N) is 3. The van der Waals surface area contributed by atoms with Crippen LogP contribution < -0.4 is 0 Å². The maximum Gasteiger partial charge on any atom is 0.182 e. The van der Waals surface area contributed by atoms with Crippen molar-refractivity contribution >= 4 is 11.4 Å². The summed E-state index contributed by atoms with van der Waals surface area (Å²) in [5.41, 5.74) is 3.60. The molecule has 5 nitrogen and oxygen atoms in total. The van der Waals surface area contributed by atoms with Crippen molar-refractivity contribution in [2.45, 2.75) is 78.2 Å².